The molecule has 0 aromatic carbocycles. The quantitative estimate of drug-likeness (QED) is 0.823. The monoisotopic (exact) mass is 211 g/mol. The third kappa shape index (κ3) is 3.47. The van der Waals surface area contributed by atoms with Crippen molar-refractivity contribution in [1.82, 2.24) is 10.3 Å². The van der Waals surface area contributed by atoms with Crippen LogP contribution in [0.1, 0.15) is 19.4 Å². The van der Waals surface area contributed by atoms with Crippen molar-refractivity contribution in [2.45, 2.75) is 26.4 Å². The van der Waals surface area contributed by atoms with Crippen LogP contribution in [0.15, 0.2) is 12.3 Å². The van der Waals surface area contributed by atoms with Gasteiger partial charge >= 0.3 is 0 Å². The summed E-state index contributed by atoms with van der Waals surface area (Å²) < 4.78 is 13.0. The summed E-state index contributed by atoms with van der Waals surface area (Å²) in [4.78, 5) is 5.95. The third-order valence-corrected chi connectivity index (χ3v) is 2.03. The lowest BCUT2D eigenvalue weighted by Gasteiger charge is -2.17. The highest BCUT2D eigenvalue weighted by Gasteiger charge is 2.07. The van der Waals surface area contributed by atoms with Crippen molar-refractivity contribution in [2.75, 3.05) is 19.0 Å². The van der Waals surface area contributed by atoms with Crippen LogP contribution in [-0.4, -0.2) is 25.1 Å². The van der Waals surface area contributed by atoms with Crippen molar-refractivity contribution in [3.8, 4) is 0 Å². The van der Waals surface area contributed by atoms with Gasteiger partial charge in [-0.3, -0.25) is 0 Å². The Morgan fingerprint density at radius 1 is 1.47 bits per heavy atom. The number of pyridine rings is 1. The van der Waals surface area contributed by atoms with Crippen molar-refractivity contribution < 1.29 is 4.39 Å². The highest BCUT2D eigenvalue weighted by molar-refractivity contribution is 5.45. The molecule has 0 aliphatic carbocycles. The van der Waals surface area contributed by atoms with E-state index in [0.29, 0.717) is 12.6 Å². The Morgan fingerprint density at radius 3 is 2.67 bits per heavy atom. The molecule has 0 atom stereocenters. The Balaban J connectivity index is 2.87. The van der Waals surface area contributed by atoms with Crippen LogP contribution in [0.3, 0.4) is 0 Å². The minimum Gasteiger partial charge on any atom is -0.362 e. The second-order valence-corrected chi connectivity index (χ2v) is 4.07. The maximum Gasteiger partial charge on any atom is 0.141 e. The van der Waals surface area contributed by atoms with Crippen molar-refractivity contribution in [3.05, 3.63) is 23.6 Å². The van der Waals surface area contributed by atoms with Gasteiger partial charge in [0.25, 0.3) is 0 Å². The smallest absolute Gasteiger partial charge is 0.141 e. The molecule has 0 unspecified atom stereocenters. The summed E-state index contributed by atoms with van der Waals surface area (Å²) in [6.45, 7) is 4.75. The number of aromatic nitrogens is 1. The molecule has 1 aromatic heterocycles. The molecule has 0 amide bonds. The van der Waals surface area contributed by atoms with Gasteiger partial charge in [0.05, 0.1) is 6.20 Å². The lowest BCUT2D eigenvalue weighted by Crippen LogP contribution is -2.24. The second-order valence-electron chi connectivity index (χ2n) is 4.07. The summed E-state index contributed by atoms with van der Waals surface area (Å²) in [7, 11) is 3.80. The van der Waals surface area contributed by atoms with E-state index in [1.54, 1.807) is 0 Å². The first-order chi connectivity index (χ1) is 7.00. The molecule has 1 rings (SSSR count). The van der Waals surface area contributed by atoms with Gasteiger partial charge in [-0.1, -0.05) is 13.8 Å². The van der Waals surface area contributed by atoms with Gasteiger partial charge in [-0.05, 0) is 6.07 Å². The molecule has 0 aliphatic heterocycles. The van der Waals surface area contributed by atoms with E-state index in [4.69, 9.17) is 0 Å². The summed E-state index contributed by atoms with van der Waals surface area (Å²) in [6, 6.07) is 1.90. The zero-order chi connectivity index (χ0) is 11.4. The molecule has 0 saturated carbocycles. The van der Waals surface area contributed by atoms with Gasteiger partial charge in [-0.25, -0.2) is 9.37 Å². The van der Waals surface area contributed by atoms with Crippen molar-refractivity contribution in [1.29, 1.82) is 0 Å². The van der Waals surface area contributed by atoms with Crippen LogP contribution in [0, 0.1) is 5.82 Å². The predicted molar refractivity (Wildman–Crippen MR) is 60.5 cm³/mol. The van der Waals surface area contributed by atoms with Crippen molar-refractivity contribution in [2.24, 2.45) is 0 Å². The molecule has 0 fully saturated rings. The number of nitrogens with one attached hydrogen (secondary N) is 1. The summed E-state index contributed by atoms with van der Waals surface area (Å²) >= 11 is 0. The molecule has 0 spiro atoms. The first-order valence-corrected chi connectivity index (χ1v) is 5.06. The average Bonchev–Trinajstić information content (AvgIpc) is 2.14. The second kappa shape index (κ2) is 5.07. The molecule has 0 aliphatic rings. The number of halogens is 1. The predicted octanol–water partition coefficient (Wildman–Crippen LogP) is 1.78. The van der Waals surface area contributed by atoms with E-state index in [0.717, 1.165) is 11.4 Å². The summed E-state index contributed by atoms with van der Waals surface area (Å²) in [5.74, 6) is 0.519. The zero-order valence-corrected chi connectivity index (χ0v) is 9.71. The lowest BCUT2D eigenvalue weighted by molar-refractivity contribution is 0.578. The van der Waals surface area contributed by atoms with E-state index in [1.165, 1.54) is 12.3 Å². The molecular weight excluding hydrogens is 193 g/mol. The minimum absolute atomic E-state index is 0.291. The van der Waals surface area contributed by atoms with Crippen LogP contribution < -0.4 is 10.2 Å². The average molecular weight is 211 g/mol. The zero-order valence-electron chi connectivity index (χ0n) is 9.71. The van der Waals surface area contributed by atoms with Gasteiger partial charge < -0.3 is 10.2 Å². The van der Waals surface area contributed by atoms with Gasteiger partial charge in [-0.2, -0.15) is 0 Å². The molecule has 0 bridgehead atoms. The van der Waals surface area contributed by atoms with Crippen LogP contribution in [0.5, 0.6) is 0 Å². The Hall–Kier alpha value is -1.16. The molecule has 84 valence electrons. The van der Waals surface area contributed by atoms with E-state index in [9.17, 15) is 4.39 Å². The van der Waals surface area contributed by atoms with Crippen LogP contribution >= 0.6 is 0 Å². The molecule has 1 N–H and O–H groups in total. The summed E-state index contributed by atoms with van der Waals surface area (Å²) in [5.41, 5.74) is 0.883. The van der Waals surface area contributed by atoms with Crippen LogP contribution in [-0.2, 0) is 6.54 Å². The molecule has 4 heteroatoms. The fraction of sp³-hybridized carbons (Fsp3) is 0.545. The molecular formula is C11H18FN3. The highest BCUT2D eigenvalue weighted by atomic mass is 19.1. The lowest BCUT2D eigenvalue weighted by atomic mass is 10.2. The summed E-state index contributed by atoms with van der Waals surface area (Å²) in [5, 5.41) is 3.25. The van der Waals surface area contributed by atoms with Gasteiger partial charge in [0.2, 0.25) is 0 Å². The van der Waals surface area contributed by atoms with Crippen LogP contribution in [0.25, 0.3) is 0 Å². The van der Waals surface area contributed by atoms with Crippen LogP contribution in [0.4, 0.5) is 10.2 Å². The van der Waals surface area contributed by atoms with E-state index < -0.39 is 0 Å². The maximum absolute atomic E-state index is 13.0. The fourth-order valence-electron chi connectivity index (χ4n) is 1.32. The van der Waals surface area contributed by atoms with Gasteiger partial charge in [0.15, 0.2) is 0 Å². The molecule has 0 radical (unpaired) electrons. The standard InChI is InChI=1S/C11H18FN3/c1-8(2)13-6-9-5-10(12)7-14-11(9)15(3)4/h5,7-8,13H,6H2,1-4H3. The summed E-state index contributed by atoms with van der Waals surface area (Å²) in [6.07, 6.45) is 1.24. The van der Waals surface area contributed by atoms with Gasteiger partial charge in [-0.15, -0.1) is 0 Å². The number of hydrogen-bond donors (Lipinski definition) is 1. The number of rotatable bonds is 4. The normalized spacial score (nSPS) is 10.8. The topological polar surface area (TPSA) is 28.2 Å². The highest BCUT2D eigenvalue weighted by Crippen LogP contribution is 2.15. The first-order valence-electron chi connectivity index (χ1n) is 5.06. The fourth-order valence-corrected chi connectivity index (χ4v) is 1.32. The number of anilines is 1. The van der Waals surface area contributed by atoms with Crippen molar-refractivity contribution in [3.63, 3.8) is 0 Å². The largest absolute Gasteiger partial charge is 0.362 e. The molecule has 3 nitrogen and oxygen atoms in total. The Kier molecular flexibility index (Phi) is 4.03. The van der Waals surface area contributed by atoms with Crippen LogP contribution in [0.2, 0.25) is 0 Å². The Labute approximate surface area is 90.3 Å². The SMILES string of the molecule is CC(C)NCc1cc(F)cnc1N(C)C. The first kappa shape index (κ1) is 11.9. The number of nitrogens with zero attached hydrogens (tertiary/aromatic N) is 2. The van der Waals surface area contributed by atoms with E-state index in [2.05, 4.69) is 24.1 Å². The molecule has 1 aromatic rings. The molecule has 1 heterocycles. The van der Waals surface area contributed by atoms with E-state index >= 15 is 0 Å². The Morgan fingerprint density at radius 2 is 2.13 bits per heavy atom. The number of hydrogen-bond acceptors (Lipinski definition) is 3. The van der Waals surface area contributed by atoms with E-state index in [-0.39, 0.29) is 5.82 Å². The van der Waals surface area contributed by atoms with Crippen molar-refractivity contribution >= 4 is 5.82 Å². The van der Waals surface area contributed by atoms with E-state index in [1.807, 2.05) is 19.0 Å². The molecule has 0 saturated heterocycles. The minimum atomic E-state index is -0.291. The third-order valence-electron chi connectivity index (χ3n) is 2.03. The Bertz CT molecular complexity index is 324. The maximum atomic E-state index is 13.0. The van der Waals surface area contributed by atoms with Gasteiger partial charge in [0.1, 0.15) is 11.6 Å². The molecule has 15 heavy (non-hydrogen) atoms. The van der Waals surface area contributed by atoms with Gasteiger partial charge in [0, 0.05) is 32.2 Å².